The van der Waals surface area contributed by atoms with Gasteiger partial charge >= 0.3 is 0 Å². The number of hydrogen-bond acceptors (Lipinski definition) is 5. The van der Waals surface area contributed by atoms with Crippen LogP contribution >= 0.6 is 0 Å². The summed E-state index contributed by atoms with van der Waals surface area (Å²) in [5.74, 6) is 0.311. The highest BCUT2D eigenvalue weighted by Crippen LogP contribution is 2.12. The van der Waals surface area contributed by atoms with Gasteiger partial charge in [-0.15, -0.1) is 0 Å². The number of nitrogens with zero attached hydrogens (tertiary/aromatic N) is 2. The lowest BCUT2D eigenvalue weighted by Gasteiger charge is -2.25. The number of aromatic hydroxyl groups is 1. The Morgan fingerprint density at radius 2 is 1.79 bits per heavy atom. The highest BCUT2D eigenvalue weighted by atomic mass is 16.3. The molecule has 5 N–H and O–H groups in total. The Hall–Kier alpha value is -1.14. The second-order valence-electron chi connectivity index (χ2n) is 4.83. The van der Waals surface area contributed by atoms with Crippen LogP contribution in [0.1, 0.15) is 5.56 Å². The molecule has 0 saturated heterocycles. The molecule has 0 unspecified atom stereocenters. The van der Waals surface area contributed by atoms with E-state index < -0.39 is 0 Å². The van der Waals surface area contributed by atoms with E-state index in [1.807, 2.05) is 12.1 Å². The fourth-order valence-electron chi connectivity index (χ4n) is 2.01. The minimum Gasteiger partial charge on any atom is -0.508 e. The first-order chi connectivity index (χ1) is 9.15. The Balaban J connectivity index is 2.48. The van der Waals surface area contributed by atoms with Gasteiger partial charge in [-0.2, -0.15) is 0 Å². The molecule has 5 heteroatoms. The van der Waals surface area contributed by atoms with Gasteiger partial charge < -0.3 is 21.5 Å². The lowest BCUT2D eigenvalue weighted by Crippen LogP contribution is -2.37. The summed E-state index contributed by atoms with van der Waals surface area (Å²) >= 11 is 0. The molecular formula is C14H26N4O. The van der Waals surface area contributed by atoms with Crippen LogP contribution in [0.5, 0.6) is 5.75 Å². The highest BCUT2D eigenvalue weighted by molar-refractivity contribution is 5.26. The van der Waals surface area contributed by atoms with E-state index in [4.69, 9.17) is 11.5 Å². The molecule has 0 atom stereocenters. The van der Waals surface area contributed by atoms with Crippen molar-refractivity contribution < 1.29 is 5.11 Å². The first-order valence-electron chi connectivity index (χ1n) is 6.74. The van der Waals surface area contributed by atoms with Crippen molar-refractivity contribution in [3.05, 3.63) is 29.8 Å². The average Bonchev–Trinajstić information content (AvgIpc) is 2.37. The van der Waals surface area contributed by atoms with Gasteiger partial charge in [-0.1, -0.05) is 12.1 Å². The first kappa shape index (κ1) is 15.9. The van der Waals surface area contributed by atoms with Gasteiger partial charge in [0.05, 0.1) is 0 Å². The summed E-state index contributed by atoms with van der Waals surface area (Å²) in [5, 5.41) is 9.48. The van der Waals surface area contributed by atoms with Gasteiger partial charge in [-0.05, 0) is 24.7 Å². The summed E-state index contributed by atoms with van der Waals surface area (Å²) in [5.41, 5.74) is 12.3. The number of phenols is 1. The summed E-state index contributed by atoms with van der Waals surface area (Å²) in [6, 6.07) is 7.37. The average molecular weight is 266 g/mol. The van der Waals surface area contributed by atoms with Crippen molar-refractivity contribution in [3.8, 4) is 5.75 Å². The zero-order chi connectivity index (χ0) is 14.1. The number of hydrogen-bond donors (Lipinski definition) is 3. The van der Waals surface area contributed by atoms with E-state index in [9.17, 15) is 5.11 Å². The molecule has 1 rings (SSSR count). The highest BCUT2D eigenvalue weighted by Gasteiger charge is 2.07. The van der Waals surface area contributed by atoms with E-state index >= 15 is 0 Å². The summed E-state index contributed by atoms with van der Waals surface area (Å²) in [7, 11) is 2.07. The van der Waals surface area contributed by atoms with Crippen LogP contribution in [0.3, 0.4) is 0 Å². The van der Waals surface area contributed by atoms with E-state index in [1.54, 1.807) is 12.1 Å². The molecule has 0 aliphatic carbocycles. The molecule has 0 aromatic heterocycles. The van der Waals surface area contributed by atoms with E-state index in [2.05, 4.69) is 16.8 Å². The lowest BCUT2D eigenvalue weighted by atomic mass is 10.2. The molecule has 0 amide bonds. The molecule has 0 heterocycles. The van der Waals surface area contributed by atoms with Crippen LogP contribution in [-0.2, 0) is 6.54 Å². The minimum atomic E-state index is 0.311. The second-order valence-corrected chi connectivity index (χ2v) is 4.83. The van der Waals surface area contributed by atoms with Crippen LogP contribution in [0.25, 0.3) is 0 Å². The number of benzene rings is 1. The standard InChI is InChI=1S/C14H26N4O/c1-17(7-5-15)9-10-18(8-6-16)12-13-3-2-4-14(19)11-13/h2-4,11,19H,5-10,12,15-16H2,1H3. The van der Waals surface area contributed by atoms with E-state index in [-0.39, 0.29) is 0 Å². The molecule has 108 valence electrons. The Bertz CT molecular complexity index is 359. The zero-order valence-electron chi connectivity index (χ0n) is 11.8. The monoisotopic (exact) mass is 266 g/mol. The Morgan fingerprint density at radius 3 is 2.42 bits per heavy atom. The fourth-order valence-corrected chi connectivity index (χ4v) is 2.01. The van der Waals surface area contributed by atoms with E-state index in [0.29, 0.717) is 18.8 Å². The predicted octanol–water partition coefficient (Wildman–Crippen LogP) is 0.0434. The summed E-state index contributed by atoms with van der Waals surface area (Å²) in [4.78, 5) is 4.51. The van der Waals surface area contributed by atoms with Gasteiger partial charge in [0.25, 0.3) is 0 Å². The molecule has 0 fully saturated rings. The molecular weight excluding hydrogens is 240 g/mol. The van der Waals surface area contributed by atoms with Crippen LogP contribution in [-0.4, -0.2) is 61.2 Å². The van der Waals surface area contributed by atoms with Crippen molar-refractivity contribution >= 4 is 0 Å². The van der Waals surface area contributed by atoms with Crippen LogP contribution in [0.15, 0.2) is 24.3 Å². The van der Waals surface area contributed by atoms with Gasteiger partial charge in [0.1, 0.15) is 5.75 Å². The third-order valence-corrected chi connectivity index (χ3v) is 3.07. The van der Waals surface area contributed by atoms with Crippen molar-refractivity contribution in [2.75, 3.05) is 46.3 Å². The topological polar surface area (TPSA) is 78.8 Å². The maximum Gasteiger partial charge on any atom is 0.115 e. The Morgan fingerprint density at radius 1 is 1.05 bits per heavy atom. The van der Waals surface area contributed by atoms with Crippen LogP contribution < -0.4 is 11.5 Å². The number of likely N-dealkylation sites (N-methyl/N-ethyl adjacent to an activating group) is 1. The van der Waals surface area contributed by atoms with Gasteiger partial charge in [-0.25, -0.2) is 0 Å². The lowest BCUT2D eigenvalue weighted by molar-refractivity contribution is 0.225. The second kappa shape index (κ2) is 8.87. The molecule has 1 aromatic carbocycles. The summed E-state index contributed by atoms with van der Waals surface area (Å²) in [6.45, 7) is 5.80. The van der Waals surface area contributed by atoms with Crippen molar-refractivity contribution in [1.29, 1.82) is 0 Å². The Kier molecular flexibility index (Phi) is 7.43. The number of phenolic OH excluding ortho intramolecular Hbond substituents is 1. The fraction of sp³-hybridized carbons (Fsp3) is 0.571. The quantitative estimate of drug-likeness (QED) is 0.588. The summed E-state index contributed by atoms with van der Waals surface area (Å²) in [6.07, 6.45) is 0. The van der Waals surface area contributed by atoms with E-state index in [0.717, 1.165) is 38.3 Å². The smallest absolute Gasteiger partial charge is 0.115 e. The van der Waals surface area contributed by atoms with Crippen molar-refractivity contribution in [2.24, 2.45) is 11.5 Å². The van der Waals surface area contributed by atoms with Crippen molar-refractivity contribution in [3.63, 3.8) is 0 Å². The molecule has 0 aliphatic heterocycles. The Labute approximate surface area is 115 Å². The molecule has 0 spiro atoms. The number of rotatable bonds is 9. The molecule has 19 heavy (non-hydrogen) atoms. The molecule has 0 aliphatic rings. The third kappa shape index (κ3) is 6.54. The number of nitrogens with two attached hydrogens (primary N) is 2. The molecule has 0 bridgehead atoms. The minimum absolute atomic E-state index is 0.311. The van der Waals surface area contributed by atoms with Crippen LogP contribution in [0.4, 0.5) is 0 Å². The van der Waals surface area contributed by atoms with Gasteiger partial charge in [0.15, 0.2) is 0 Å². The van der Waals surface area contributed by atoms with Crippen molar-refractivity contribution in [2.45, 2.75) is 6.54 Å². The molecule has 0 saturated carbocycles. The van der Waals surface area contributed by atoms with Crippen LogP contribution in [0.2, 0.25) is 0 Å². The maximum absolute atomic E-state index is 9.48. The van der Waals surface area contributed by atoms with Gasteiger partial charge in [0, 0.05) is 45.8 Å². The molecule has 1 aromatic rings. The molecule has 0 radical (unpaired) electrons. The largest absolute Gasteiger partial charge is 0.508 e. The van der Waals surface area contributed by atoms with Gasteiger partial charge in [0.2, 0.25) is 0 Å². The zero-order valence-corrected chi connectivity index (χ0v) is 11.8. The van der Waals surface area contributed by atoms with Crippen LogP contribution in [0, 0.1) is 0 Å². The SMILES string of the molecule is CN(CCN)CCN(CCN)Cc1cccc(O)c1. The van der Waals surface area contributed by atoms with Crippen molar-refractivity contribution in [1.82, 2.24) is 9.80 Å². The van der Waals surface area contributed by atoms with Gasteiger partial charge in [-0.3, -0.25) is 4.90 Å². The normalized spacial score (nSPS) is 11.4. The first-order valence-corrected chi connectivity index (χ1v) is 6.74. The summed E-state index contributed by atoms with van der Waals surface area (Å²) < 4.78 is 0. The maximum atomic E-state index is 9.48. The molecule has 5 nitrogen and oxygen atoms in total. The third-order valence-electron chi connectivity index (χ3n) is 3.07. The predicted molar refractivity (Wildman–Crippen MR) is 79.0 cm³/mol. The van der Waals surface area contributed by atoms with E-state index in [1.165, 1.54) is 0 Å².